The van der Waals surface area contributed by atoms with Gasteiger partial charge in [-0.1, -0.05) is 12.1 Å². The van der Waals surface area contributed by atoms with Gasteiger partial charge in [-0.25, -0.2) is 12.8 Å². The van der Waals surface area contributed by atoms with Gasteiger partial charge in [0.1, 0.15) is 5.82 Å². The Morgan fingerprint density at radius 2 is 1.96 bits per heavy atom. The minimum atomic E-state index is -2.97. The van der Waals surface area contributed by atoms with Crippen molar-refractivity contribution in [2.75, 3.05) is 38.7 Å². The van der Waals surface area contributed by atoms with Gasteiger partial charge in [0.05, 0.1) is 11.5 Å². The Morgan fingerprint density at radius 1 is 1.28 bits per heavy atom. The highest BCUT2D eigenvalue weighted by molar-refractivity contribution is 7.91. The molecule has 140 valence electrons. The summed E-state index contributed by atoms with van der Waals surface area (Å²) >= 11 is 5.52. The molecule has 2 rings (SSSR count). The lowest BCUT2D eigenvalue weighted by Gasteiger charge is -2.31. The molecule has 1 aliphatic rings. The maximum absolute atomic E-state index is 13.0. The molecule has 0 aromatic heterocycles. The Balaban J connectivity index is 1.97. The monoisotopic (exact) mass is 387 g/mol. The molecule has 5 nitrogen and oxygen atoms in total. The second-order valence-corrected chi connectivity index (χ2v) is 9.31. The quantitative estimate of drug-likeness (QED) is 0.718. The summed E-state index contributed by atoms with van der Waals surface area (Å²) in [6.45, 7) is 2.12. The van der Waals surface area contributed by atoms with Gasteiger partial charge in [0.15, 0.2) is 14.9 Å². The van der Waals surface area contributed by atoms with Crippen LogP contribution in [0.3, 0.4) is 0 Å². The van der Waals surface area contributed by atoms with Crippen molar-refractivity contribution in [3.63, 3.8) is 0 Å². The molecular weight excluding hydrogens is 361 g/mol. The van der Waals surface area contributed by atoms with Crippen LogP contribution in [0.1, 0.15) is 18.4 Å². The van der Waals surface area contributed by atoms with Crippen LogP contribution >= 0.6 is 12.2 Å². The van der Waals surface area contributed by atoms with Crippen LogP contribution in [-0.4, -0.2) is 68.1 Å². The Kier molecular flexibility index (Phi) is 7.15. The normalized spacial score (nSPS) is 19.1. The Morgan fingerprint density at radius 3 is 2.52 bits per heavy atom. The molecule has 0 amide bonds. The van der Waals surface area contributed by atoms with Crippen molar-refractivity contribution >= 4 is 27.2 Å². The Hall–Kier alpha value is -1.25. The first-order chi connectivity index (χ1) is 11.8. The van der Waals surface area contributed by atoms with Gasteiger partial charge >= 0.3 is 0 Å². The summed E-state index contributed by atoms with van der Waals surface area (Å²) in [6.07, 6.45) is 1.52. The molecule has 0 spiro atoms. The van der Waals surface area contributed by atoms with E-state index in [9.17, 15) is 12.8 Å². The molecule has 0 aliphatic carbocycles. The Labute approximate surface area is 155 Å². The maximum Gasteiger partial charge on any atom is 0.169 e. The summed E-state index contributed by atoms with van der Waals surface area (Å²) in [5.74, 6) is 0.114. The van der Waals surface area contributed by atoms with E-state index in [1.807, 2.05) is 19.0 Å². The zero-order chi connectivity index (χ0) is 18.4. The van der Waals surface area contributed by atoms with E-state index in [0.717, 1.165) is 18.5 Å². The smallest absolute Gasteiger partial charge is 0.169 e. The SMILES string of the molecule is CN(C)CCCN(C(=S)NCc1ccc(F)cc1)[C@H]1CCS(=O)(=O)C1. The molecule has 25 heavy (non-hydrogen) atoms. The fourth-order valence-corrected chi connectivity index (χ4v) is 4.95. The van der Waals surface area contributed by atoms with Crippen molar-refractivity contribution < 1.29 is 12.8 Å². The molecule has 0 saturated carbocycles. The Bertz CT molecular complexity index is 678. The molecule has 1 aliphatic heterocycles. The lowest BCUT2D eigenvalue weighted by Crippen LogP contribution is -2.47. The summed E-state index contributed by atoms with van der Waals surface area (Å²) in [5, 5.41) is 3.75. The number of halogens is 1. The predicted octanol–water partition coefficient (Wildman–Crippen LogP) is 1.64. The van der Waals surface area contributed by atoms with E-state index in [0.29, 0.717) is 24.6 Å². The average Bonchev–Trinajstić information content (AvgIpc) is 2.90. The standard InChI is InChI=1S/C17H26FN3O2S2/c1-20(2)9-3-10-21(16-8-11-25(22,23)13-16)17(24)19-12-14-4-6-15(18)7-5-14/h4-7,16H,3,8-13H2,1-2H3,(H,19,24)/t16-/m0/s1. The number of nitrogens with one attached hydrogen (secondary N) is 1. The predicted molar refractivity (Wildman–Crippen MR) is 103 cm³/mol. The maximum atomic E-state index is 13.0. The fraction of sp³-hybridized carbons (Fsp3) is 0.588. The van der Waals surface area contributed by atoms with Gasteiger partial charge in [0.25, 0.3) is 0 Å². The average molecular weight is 388 g/mol. The topological polar surface area (TPSA) is 52.6 Å². The first-order valence-corrected chi connectivity index (χ1v) is 10.6. The van der Waals surface area contributed by atoms with E-state index in [1.165, 1.54) is 12.1 Å². The van der Waals surface area contributed by atoms with Gasteiger partial charge in [-0.05, 0) is 63.4 Å². The molecular formula is C17H26FN3O2S2. The second kappa shape index (κ2) is 8.91. The minimum absolute atomic E-state index is 0.0691. The van der Waals surface area contributed by atoms with E-state index in [1.54, 1.807) is 12.1 Å². The lowest BCUT2D eigenvalue weighted by atomic mass is 10.2. The third-order valence-corrected chi connectivity index (χ3v) is 6.40. The molecule has 1 N–H and O–H groups in total. The molecule has 1 heterocycles. The molecule has 8 heteroatoms. The van der Waals surface area contributed by atoms with Crippen LogP contribution in [0.2, 0.25) is 0 Å². The van der Waals surface area contributed by atoms with Crippen LogP contribution in [0.5, 0.6) is 0 Å². The van der Waals surface area contributed by atoms with Crippen LogP contribution in [0.4, 0.5) is 4.39 Å². The largest absolute Gasteiger partial charge is 0.358 e. The highest BCUT2D eigenvalue weighted by Crippen LogP contribution is 2.18. The van der Waals surface area contributed by atoms with Crippen molar-refractivity contribution in [2.24, 2.45) is 0 Å². The van der Waals surface area contributed by atoms with Crippen molar-refractivity contribution in [3.8, 4) is 0 Å². The highest BCUT2D eigenvalue weighted by Gasteiger charge is 2.33. The lowest BCUT2D eigenvalue weighted by molar-refractivity contribution is 0.300. The van der Waals surface area contributed by atoms with Gasteiger partial charge in [-0.15, -0.1) is 0 Å². The second-order valence-electron chi connectivity index (χ2n) is 6.69. The van der Waals surface area contributed by atoms with Gasteiger partial charge in [0, 0.05) is 19.1 Å². The summed E-state index contributed by atoms with van der Waals surface area (Å²) in [6, 6.07) is 6.18. The fourth-order valence-electron chi connectivity index (χ4n) is 2.91. The van der Waals surface area contributed by atoms with Crippen LogP contribution < -0.4 is 5.32 Å². The van der Waals surface area contributed by atoms with Crippen LogP contribution in [0.15, 0.2) is 24.3 Å². The van der Waals surface area contributed by atoms with Crippen molar-refractivity contribution in [1.29, 1.82) is 0 Å². The van der Waals surface area contributed by atoms with Crippen LogP contribution in [0, 0.1) is 5.82 Å². The number of thiocarbonyl (C=S) groups is 1. The zero-order valence-corrected chi connectivity index (χ0v) is 16.4. The van der Waals surface area contributed by atoms with Gasteiger partial charge in [-0.3, -0.25) is 0 Å². The number of benzene rings is 1. The summed E-state index contributed by atoms with van der Waals surface area (Å²) < 4.78 is 36.6. The van der Waals surface area contributed by atoms with E-state index in [4.69, 9.17) is 12.2 Å². The summed E-state index contributed by atoms with van der Waals surface area (Å²) in [5.41, 5.74) is 0.927. The number of nitrogens with zero attached hydrogens (tertiary/aromatic N) is 2. The summed E-state index contributed by atoms with van der Waals surface area (Å²) in [4.78, 5) is 4.10. The van der Waals surface area contributed by atoms with Gasteiger partial charge in [-0.2, -0.15) is 0 Å². The molecule has 1 atom stereocenters. The first-order valence-electron chi connectivity index (χ1n) is 8.41. The minimum Gasteiger partial charge on any atom is -0.358 e. The van der Waals surface area contributed by atoms with Crippen LogP contribution in [0.25, 0.3) is 0 Å². The number of rotatable bonds is 7. The molecule has 0 unspecified atom stereocenters. The number of hydrogen-bond donors (Lipinski definition) is 1. The van der Waals surface area contributed by atoms with E-state index < -0.39 is 9.84 Å². The van der Waals surface area contributed by atoms with Crippen molar-refractivity contribution in [3.05, 3.63) is 35.6 Å². The molecule has 0 radical (unpaired) electrons. The van der Waals surface area contributed by atoms with Crippen LogP contribution in [-0.2, 0) is 16.4 Å². The zero-order valence-electron chi connectivity index (χ0n) is 14.7. The van der Waals surface area contributed by atoms with E-state index in [2.05, 4.69) is 10.2 Å². The molecule has 0 bridgehead atoms. The highest BCUT2D eigenvalue weighted by atomic mass is 32.2. The van der Waals surface area contributed by atoms with Crippen molar-refractivity contribution in [1.82, 2.24) is 15.1 Å². The van der Waals surface area contributed by atoms with E-state index in [-0.39, 0.29) is 23.4 Å². The van der Waals surface area contributed by atoms with Gasteiger partial charge < -0.3 is 15.1 Å². The first kappa shape index (κ1) is 20.1. The third kappa shape index (κ3) is 6.52. The number of hydrogen-bond acceptors (Lipinski definition) is 4. The number of sulfone groups is 1. The molecule has 1 aromatic carbocycles. The van der Waals surface area contributed by atoms with E-state index >= 15 is 0 Å². The molecule has 1 aromatic rings. The van der Waals surface area contributed by atoms with Crippen molar-refractivity contribution in [2.45, 2.75) is 25.4 Å². The molecule has 1 fully saturated rings. The molecule has 1 saturated heterocycles. The van der Waals surface area contributed by atoms with Gasteiger partial charge in [0.2, 0.25) is 0 Å². The third-order valence-electron chi connectivity index (χ3n) is 4.27. The summed E-state index contributed by atoms with van der Waals surface area (Å²) in [7, 11) is 1.05.